The summed E-state index contributed by atoms with van der Waals surface area (Å²) in [5.74, 6) is -1.04. The maximum absolute atomic E-state index is 10.1. The van der Waals surface area contributed by atoms with E-state index in [0.717, 1.165) is 0 Å². The van der Waals surface area contributed by atoms with Gasteiger partial charge in [0, 0.05) is 6.42 Å². The van der Waals surface area contributed by atoms with Crippen LogP contribution in [0.2, 0.25) is 0 Å². The van der Waals surface area contributed by atoms with Gasteiger partial charge in [0.05, 0.1) is 12.0 Å². The second-order valence-corrected chi connectivity index (χ2v) is 2.28. The molecule has 1 N–H and O–H groups in total. The molecule has 0 saturated carbocycles. The number of hydrogen-bond donors (Lipinski definition) is 1. The summed E-state index contributed by atoms with van der Waals surface area (Å²) >= 11 is 0. The molecular weight excluding hydrogens is 142 g/mol. The summed E-state index contributed by atoms with van der Waals surface area (Å²) in [5.41, 5.74) is 0. The molecule has 0 saturated heterocycles. The van der Waals surface area contributed by atoms with Crippen molar-refractivity contribution in [3.05, 3.63) is 12.7 Å². The molecule has 0 aromatic heterocycles. The fraction of sp³-hybridized carbons (Fsp3) is 0.500. The van der Waals surface area contributed by atoms with Gasteiger partial charge >= 0.3 is 5.97 Å². The van der Waals surface area contributed by atoms with Crippen molar-refractivity contribution in [3.8, 4) is 6.07 Å². The van der Waals surface area contributed by atoms with Gasteiger partial charge in [-0.15, -0.1) is 6.58 Å². The van der Waals surface area contributed by atoms with Gasteiger partial charge in [-0.25, -0.2) is 0 Å². The highest BCUT2D eigenvalue weighted by atomic mass is 16.4. The predicted octanol–water partition coefficient (Wildman–Crippen LogP) is 1.57. The predicted molar refractivity (Wildman–Crippen MR) is 40.8 cm³/mol. The monoisotopic (exact) mass is 153 g/mol. The van der Waals surface area contributed by atoms with Crippen LogP contribution >= 0.6 is 0 Å². The zero-order chi connectivity index (χ0) is 8.69. The lowest BCUT2D eigenvalue weighted by molar-refractivity contribution is -0.137. The third-order valence-corrected chi connectivity index (χ3v) is 1.34. The van der Waals surface area contributed by atoms with E-state index in [1.807, 2.05) is 6.07 Å². The number of rotatable bonds is 5. The molecule has 0 aromatic carbocycles. The van der Waals surface area contributed by atoms with Gasteiger partial charge in [0.25, 0.3) is 0 Å². The molecule has 0 bridgehead atoms. The van der Waals surface area contributed by atoms with Crippen molar-refractivity contribution in [2.75, 3.05) is 0 Å². The quantitative estimate of drug-likeness (QED) is 0.610. The smallest absolute Gasteiger partial charge is 0.303 e. The number of hydrogen-bond acceptors (Lipinski definition) is 2. The van der Waals surface area contributed by atoms with Crippen LogP contribution in [0.3, 0.4) is 0 Å². The molecule has 1 unspecified atom stereocenters. The first-order valence-corrected chi connectivity index (χ1v) is 3.43. The molecule has 0 aliphatic carbocycles. The Morgan fingerprint density at radius 2 is 2.45 bits per heavy atom. The molecule has 3 nitrogen and oxygen atoms in total. The topological polar surface area (TPSA) is 61.1 Å². The summed E-state index contributed by atoms with van der Waals surface area (Å²) in [6.07, 6.45) is 2.68. The van der Waals surface area contributed by atoms with Crippen molar-refractivity contribution < 1.29 is 9.90 Å². The molecule has 11 heavy (non-hydrogen) atoms. The Hall–Kier alpha value is -1.30. The van der Waals surface area contributed by atoms with Crippen LogP contribution in [-0.4, -0.2) is 11.1 Å². The highest BCUT2D eigenvalue weighted by Crippen LogP contribution is 2.09. The largest absolute Gasteiger partial charge is 0.481 e. The fourth-order valence-electron chi connectivity index (χ4n) is 0.734. The van der Waals surface area contributed by atoms with Crippen molar-refractivity contribution >= 4 is 5.97 Å². The summed E-state index contributed by atoms with van der Waals surface area (Å²) in [5, 5.41) is 16.8. The Balaban J connectivity index is 3.62. The Kier molecular flexibility index (Phi) is 4.83. The van der Waals surface area contributed by atoms with Gasteiger partial charge in [0.2, 0.25) is 0 Å². The Morgan fingerprint density at radius 1 is 1.82 bits per heavy atom. The van der Waals surface area contributed by atoms with Crippen LogP contribution in [0.5, 0.6) is 0 Å². The first kappa shape index (κ1) is 9.70. The van der Waals surface area contributed by atoms with Crippen molar-refractivity contribution in [1.29, 1.82) is 5.26 Å². The SMILES string of the molecule is C=CCC(C#N)CCC(=O)O. The van der Waals surface area contributed by atoms with E-state index in [-0.39, 0.29) is 12.3 Å². The molecule has 1 atom stereocenters. The van der Waals surface area contributed by atoms with E-state index in [1.54, 1.807) is 6.08 Å². The number of allylic oxidation sites excluding steroid dienone is 1. The van der Waals surface area contributed by atoms with E-state index in [4.69, 9.17) is 10.4 Å². The van der Waals surface area contributed by atoms with Crippen molar-refractivity contribution in [2.45, 2.75) is 19.3 Å². The normalized spacial score (nSPS) is 11.5. The van der Waals surface area contributed by atoms with Gasteiger partial charge in [-0.1, -0.05) is 6.08 Å². The Labute approximate surface area is 66.0 Å². The first-order valence-electron chi connectivity index (χ1n) is 3.43. The van der Waals surface area contributed by atoms with Gasteiger partial charge < -0.3 is 5.11 Å². The zero-order valence-corrected chi connectivity index (χ0v) is 6.29. The molecular formula is C8H11NO2. The summed E-state index contributed by atoms with van der Waals surface area (Å²) < 4.78 is 0. The summed E-state index contributed by atoms with van der Waals surface area (Å²) in [7, 11) is 0. The molecule has 3 heteroatoms. The van der Waals surface area contributed by atoms with Gasteiger partial charge in [0.15, 0.2) is 0 Å². The zero-order valence-electron chi connectivity index (χ0n) is 6.29. The Morgan fingerprint density at radius 3 is 2.82 bits per heavy atom. The minimum atomic E-state index is -0.852. The molecule has 0 spiro atoms. The van der Waals surface area contributed by atoms with Gasteiger partial charge in [-0.3, -0.25) is 4.79 Å². The van der Waals surface area contributed by atoms with Crippen molar-refractivity contribution in [1.82, 2.24) is 0 Å². The molecule has 0 amide bonds. The molecule has 0 fully saturated rings. The maximum atomic E-state index is 10.1. The van der Waals surface area contributed by atoms with E-state index in [9.17, 15) is 4.79 Å². The number of nitrogens with zero attached hydrogens (tertiary/aromatic N) is 1. The van der Waals surface area contributed by atoms with E-state index in [0.29, 0.717) is 12.8 Å². The third-order valence-electron chi connectivity index (χ3n) is 1.34. The van der Waals surface area contributed by atoms with E-state index < -0.39 is 5.97 Å². The minimum Gasteiger partial charge on any atom is -0.481 e. The van der Waals surface area contributed by atoms with E-state index in [1.165, 1.54) is 0 Å². The highest BCUT2D eigenvalue weighted by Gasteiger charge is 2.06. The van der Waals surface area contributed by atoms with Crippen LogP contribution < -0.4 is 0 Å². The molecule has 0 aliphatic rings. The van der Waals surface area contributed by atoms with Crippen LogP contribution in [-0.2, 0) is 4.79 Å². The second-order valence-electron chi connectivity index (χ2n) is 2.28. The minimum absolute atomic E-state index is 0.0616. The number of nitriles is 1. The molecule has 60 valence electrons. The lowest BCUT2D eigenvalue weighted by atomic mass is 10.0. The standard InChI is InChI=1S/C8H11NO2/c1-2-3-7(6-9)4-5-8(10)11/h2,7H,1,3-5H2,(H,10,11). The van der Waals surface area contributed by atoms with Crippen LogP contribution in [0.15, 0.2) is 12.7 Å². The summed E-state index contributed by atoms with van der Waals surface area (Å²) in [6, 6.07) is 2.02. The molecule has 0 aromatic rings. The van der Waals surface area contributed by atoms with Crippen LogP contribution in [0, 0.1) is 17.2 Å². The van der Waals surface area contributed by atoms with Crippen molar-refractivity contribution in [3.63, 3.8) is 0 Å². The number of aliphatic carboxylic acids is 1. The summed E-state index contributed by atoms with van der Waals surface area (Å²) in [4.78, 5) is 10.1. The van der Waals surface area contributed by atoms with Gasteiger partial charge in [0.1, 0.15) is 0 Å². The van der Waals surface area contributed by atoms with Crippen molar-refractivity contribution in [2.24, 2.45) is 5.92 Å². The number of carboxylic acid groups (broad SMARTS) is 1. The fourth-order valence-corrected chi connectivity index (χ4v) is 0.734. The number of carbonyl (C=O) groups is 1. The molecule has 0 rings (SSSR count). The average molecular weight is 153 g/mol. The van der Waals surface area contributed by atoms with Gasteiger partial charge in [-0.2, -0.15) is 5.26 Å². The Bertz CT molecular complexity index is 181. The third kappa shape index (κ3) is 5.16. The highest BCUT2D eigenvalue weighted by molar-refractivity contribution is 5.66. The number of carboxylic acids is 1. The maximum Gasteiger partial charge on any atom is 0.303 e. The lowest BCUT2D eigenvalue weighted by Gasteiger charge is -2.01. The molecule has 0 radical (unpaired) electrons. The van der Waals surface area contributed by atoms with Crippen LogP contribution in [0.25, 0.3) is 0 Å². The van der Waals surface area contributed by atoms with E-state index in [2.05, 4.69) is 6.58 Å². The summed E-state index contributed by atoms with van der Waals surface area (Å²) in [6.45, 7) is 3.48. The van der Waals surface area contributed by atoms with E-state index >= 15 is 0 Å². The molecule has 0 aliphatic heterocycles. The van der Waals surface area contributed by atoms with Crippen LogP contribution in [0.1, 0.15) is 19.3 Å². The van der Waals surface area contributed by atoms with Crippen LogP contribution in [0.4, 0.5) is 0 Å². The lowest BCUT2D eigenvalue weighted by Crippen LogP contribution is -2.01. The average Bonchev–Trinajstić information content (AvgIpc) is 1.97. The first-order chi connectivity index (χ1) is 5.20. The van der Waals surface area contributed by atoms with Gasteiger partial charge in [-0.05, 0) is 12.8 Å². The second kappa shape index (κ2) is 5.48. The molecule has 0 heterocycles.